The molecule has 0 spiro atoms. The fourth-order valence-corrected chi connectivity index (χ4v) is 1.09. The minimum atomic E-state index is 0.524. The lowest BCUT2D eigenvalue weighted by Crippen LogP contribution is -2.18. The average Bonchev–Trinajstić information content (AvgIpc) is 2.40. The fourth-order valence-electron chi connectivity index (χ4n) is 1.09. The van der Waals surface area contributed by atoms with Gasteiger partial charge < -0.3 is 16.3 Å². The first kappa shape index (κ1) is 7.34. The molecule has 0 aromatic carbocycles. The van der Waals surface area contributed by atoms with Gasteiger partial charge in [-0.2, -0.15) is 5.10 Å². The summed E-state index contributed by atoms with van der Waals surface area (Å²) in [5.74, 6) is 6.03. The Morgan fingerprint density at radius 1 is 1.70 bits per heavy atom. The summed E-state index contributed by atoms with van der Waals surface area (Å²) in [5.41, 5.74) is 5.42. The van der Waals surface area contributed by atoms with Gasteiger partial charge in [-0.15, -0.1) is 0 Å². The van der Waals surface area contributed by atoms with Gasteiger partial charge in [-0.05, 0) is 12.3 Å². The molecule has 58 valence electrons. The maximum atomic E-state index is 5.42. The van der Waals surface area contributed by atoms with Gasteiger partial charge in [0.25, 0.3) is 0 Å². The van der Waals surface area contributed by atoms with Crippen molar-refractivity contribution in [2.75, 3.05) is 13.2 Å². The molecule has 0 amide bonds. The molecular formula is C6H13N3O. The van der Waals surface area contributed by atoms with Gasteiger partial charge >= 0.3 is 0 Å². The van der Waals surface area contributed by atoms with E-state index in [1.807, 2.05) is 0 Å². The molecule has 0 aromatic heterocycles. The fraction of sp³-hybridized carbons (Fsp3) is 0.833. The van der Waals surface area contributed by atoms with Crippen molar-refractivity contribution in [2.24, 2.45) is 22.6 Å². The van der Waals surface area contributed by atoms with Crippen molar-refractivity contribution in [1.82, 2.24) is 0 Å². The summed E-state index contributed by atoms with van der Waals surface area (Å²) in [7, 11) is 0. The third-order valence-corrected chi connectivity index (χ3v) is 1.69. The average molecular weight is 143 g/mol. The van der Waals surface area contributed by atoms with Gasteiger partial charge in [-0.25, -0.2) is 0 Å². The van der Waals surface area contributed by atoms with Crippen LogP contribution in [0.5, 0.6) is 0 Å². The molecule has 1 aliphatic heterocycles. The molecule has 1 unspecified atom stereocenters. The Labute approximate surface area is 60.2 Å². The summed E-state index contributed by atoms with van der Waals surface area (Å²) >= 11 is 0. The quantitative estimate of drug-likeness (QED) is 0.240. The first-order valence-corrected chi connectivity index (χ1v) is 3.43. The minimum absolute atomic E-state index is 0.524. The van der Waals surface area contributed by atoms with Gasteiger partial charge in [0.1, 0.15) is 5.84 Å². The van der Waals surface area contributed by atoms with E-state index in [0.717, 1.165) is 26.1 Å². The van der Waals surface area contributed by atoms with Crippen LogP contribution < -0.4 is 11.6 Å². The van der Waals surface area contributed by atoms with Crippen LogP contribution in [0.1, 0.15) is 12.8 Å². The van der Waals surface area contributed by atoms with E-state index < -0.39 is 0 Å². The summed E-state index contributed by atoms with van der Waals surface area (Å²) in [4.78, 5) is 0. The van der Waals surface area contributed by atoms with Crippen molar-refractivity contribution >= 4 is 5.84 Å². The molecule has 10 heavy (non-hydrogen) atoms. The van der Waals surface area contributed by atoms with Crippen LogP contribution in [0.4, 0.5) is 0 Å². The van der Waals surface area contributed by atoms with Crippen LogP contribution in [0, 0.1) is 5.92 Å². The lowest BCUT2D eigenvalue weighted by molar-refractivity contribution is 0.187. The van der Waals surface area contributed by atoms with E-state index in [0.29, 0.717) is 11.8 Å². The summed E-state index contributed by atoms with van der Waals surface area (Å²) in [5, 5.41) is 3.39. The summed E-state index contributed by atoms with van der Waals surface area (Å²) in [6.07, 6.45) is 1.85. The highest BCUT2D eigenvalue weighted by Crippen LogP contribution is 2.15. The second-order valence-corrected chi connectivity index (χ2v) is 2.55. The molecule has 4 N–H and O–H groups in total. The first-order valence-electron chi connectivity index (χ1n) is 3.43. The van der Waals surface area contributed by atoms with Crippen molar-refractivity contribution in [1.29, 1.82) is 0 Å². The van der Waals surface area contributed by atoms with Gasteiger partial charge in [0, 0.05) is 19.6 Å². The molecule has 4 heteroatoms. The van der Waals surface area contributed by atoms with E-state index in [4.69, 9.17) is 16.3 Å². The number of nitrogens with zero attached hydrogens (tertiary/aromatic N) is 1. The van der Waals surface area contributed by atoms with E-state index >= 15 is 0 Å². The van der Waals surface area contributed by atoms with Crippen LogP contribution in [0.25, 0.3) is 0 Å². The van der Waals surface area contributed by atoms with Crippen molar-refractivity contribution in [3.8, 4) is 0 Å². The summed E-state index contributed by atoms with van der Waals surface area (Å²) < 4.78 is 5.15. The van der Waals surface area contributed by atoms with Crippen molar-refractivity contribution < 1.29 is 4.74 Å². The Bertz CT molecular complexity index is 129. The molecule has 1 saturated heterocycles. The molecule has 0 bridgehead atoms. The standard InChI is InChI=1S/C6H13N3O/c7-6(9-8)3-5-1-2-10-4-5/h5H,1-4,8H2,(H2,7,9). The number of hydrazone groups is 1. The van der Waals surface area contributed by atoms with Gasteiger partial charge in [0.2, 0.25) is 0 Å². The highest BCUT2D eigenvalue weighted by atomic mass is 16.5. The topological polar surface area (TPSA) is 73.6 Å². The number of ether oxygens (including phenoxy) is 1. The van der Waals surface area contributed by atoms with E-state index in [1.165, 1.54) is 0 Å². The third-order valence-electron chi connectivity index (χ3n) is 1.69. The number of amidine groups is 1. The van der Waals surface area contributed by atoms with Crippen molar-refractivity contribution in [3.05, 3.63) is 0 Å². The number of hydrogen-bond acceptors (Lipinski definition) is 3. The van der Waals surface area contributed by atoms with E-state index in [2.05, 4.69) is 5.10 Å². The zero-order chi connectivity index (χ0) is 7.40. The summed E-state index contributed by atoms with van der Waals surface area (Å²) in [6.45, 7) is 1.65. The summed E-state index contributed by atoms with van der Waals surface area (Å²) in [6, 6.07) is 0. The van der Waals surface area contributed by atoms with E-state index in [9.17, 15) is 0 Å². The molecule has 0 aliphatic carbocycles. The van der Waals surface area contributed by atoms with Crippen molar-refractivity contribution in [2.45, 2.75) is 12.8 Å². The van der Waals surface area contributed by atoms with Crippen LogP contribution in [0.3, 0.4) is 0 Å². The van der Waals surface area contributed by atoms with Crippen molar-refractivity contribution in [3.63, 3.8) is 0 Å². The Kier molecular flexibility index (Phi) is 2.50. The normalized spacial score (nSPS) is 27.2. The molecule has 1 rings (SSSR count). The van der Waals surface area contributed by atoms with Gasteiger partial charge in [-0.3, -0.25) is 0 Å². The number of rotatable bonds is 2. The number of nitrogens with two attached hydrogens (primary N) is 2. The molecule has 1 aliphatic rings. The highest BCUT2D eigenvalue weighted by molar-refractivity contribution is 5.80. The van der Waals surface area contributed by atoms with Crippen LogP contribution in [-0.4, -0.2) is 19.0 Å². The molecule has 0 saturated carbocycles. The number of hydrogen-bond donors (Lipinski definition) is 2. The lowest BCUT2D eigenvalue weighted by Gasteiger charge is -2.03. The Balaban J connectivity index is 2.24. The lowest BCUT2D eigenvalue weighted by atomic mass is 10.1. The minimum Gasteiger partial charge on any atom is -0.386 e. The zero-order valence-corrected chi connectivity index (χ0v) is 5.92. The smallest absolute Gasteiger partial charge is 0.119 e. The Morgan fingerprint density at radius 3 is 3.00 bits per heavy atom. The van der Waals surface area contributed by atoms with Crippen LogP contribution in [0.2, 0.25) is 0 Å². The maximum absolute atomic E-state index is 5.42. The van der Waals surface area contributed by atoms with E-state index in [1.54, 1.807) is 0 Å². The Hall–Kier alpha value is -0.770. The van der Waals surface area contributed by atoms with Gasteiger partial charge in [0.05, 0.1) is 0 Å². The molecule has 1 atom stereocenters. The molecule has 0 radical (unpaired) electrons. The molecule has 1 fully saturated rings. The monoisotopic (exact) mass is 143 g/mol. The molecule has 4 nitrogen and oxygen atoms in total. The van der Waals surface area contributed by atoms with E-state index in [-0.39, 0.29) is 0 Å². The van der Waals surface area contributed by atoms with Crippen LogP contribution >= 0.6 is 0 Å². The SMILES string of the molecule is NN=C(N)CC1CCOC1. The third kappa shape index (κ3) is 1.88. The molecule has 1 heterocycles. The van der Waals surface area contributed by atoms with Gasteiger partial charge in [-0.1, -0.05) is 0 Å². The largest absolute Gasteiger partial charge is 0.386 e. The zero-order valence-electron chi connectivity index (χ0n) is 5.92. The second-order valence-electron chi connectivity index (χ2n) is 2.55. The molecular weight excluding hydrogens is 130 g/mol. The maximum Gasteiger partial charge on any atom is 0.119 e. The van der Waals surface area contributed by atoms with Crippen LogP contribution in [0.15, 0.2) is 5.10 Å². The first-order chi connectivity index (χ1) is 4.83. The Morgan fingerprint density at radius 2 is 2.50 bits per heavy atom. The molecule has 0 aromatic rings. The highest BCUT2D eigenvalue weighted by Gasteiger charge is 2.16. The van der Waals surface area contributed by atoms with Gasteiger partial charge in [0.15, 0.2) is 0 Å². The predicted octanol–water partition coefficient (Wildman–Crippen LogP) is -0.356. The predicted molar refractivity (Wildman–Crippen MR) is 39.4 cm³/mol. The second kappa shape index (κ2) is 3.41. The van der Waals surface area contributed by atoms with Crippen LogP contribution in [-0.2, 0) is 4.74 Å².